The first kappa shape index (κ1) is 16.7. The van der Waals surface area contributed by atoms with Crippen LogP contribution in [0.25, 0.3) is 0 Å². The Morgan fingerprint density at radius 1 is 1.33 bits per heavy atom. The second kappa shape index (κ2) is 7.55. The molecule has 0 amide bonds. The zero-order valence-electron chi connectivity index (χ0n) is 13.1. The Bertz CT molecular complexity index is 479. The Hall–Kier alpha value is -0.670. The molecule has 0 aliphatic heterocycles. The summed E-state index contributed by atoms with van der Waals surface area (Å²) < 4.78 is 0. The van der Waals surface area contributed by atoms with Gasteiger partial charge in [-0.15, -0.1) is 0 Å². The summed E-state index contributed by atoms with van der Waals surface area (Å²) in [5.41, 5.74) is 0. The van der Waals surface area contributed by atoms with Crippen LogP contribution in [-0.4, -0.2) is 24.6 Å². The monoisotopic (exact) mass is 329 g/mol. The van der Waals surface area contributed by atoms with Gasteiger partial charge in [-0.2, -0.15) is 0 Å². The van der Waals surface area contributed by atoms with E-state index >= 15 is 0 Å². The third kappa shape index (κ3) is 4.17. The minimum Gasteiger partial charge on any atom is -0.369 e. The van der Waals surface area contributed by atoms with Gasteiger partial charge in [0.2, 0.25) is 0 Å². The predicted octanol–water partition coefficient (Wildman–Crippen LogP) is 5.23. The third-order valence-corrected chi connectivity index (χ3v) is 4.81. The highest BCUT2D eigenvalue weighted by Gasteiger charge is 2.25. The minimum absolute atomic E-state index is 0.513. The fraction of sp³-hybridized carbons (Fsp3) is 0.688. The van der Waals surface area contributed by atoms with E-state index in [4.69, 9.17) is 23.2 Å². The van der Waals surface area contributed by atoms with Gasteiger partial charge in [-0.3, -0.25) is 0 Å². The molecule has 1 N–H and O–H groups in total. The van der Waals surface area contributed by atoms with Crippen molar-refractivity contribution in [2.75, 3.05) is 23.8 Å². The molecular weight excluding hydrogens is 305 g/mol. The van der Waals surface area contributed by atoms with Gasteiger partial charge >= 0.3 is 0 Å². The highest BCUT2D eigenvalue weighted by Crippen LogP contribution is 2.35. The van der Waals surface area contributed by atoms with E-state index in [9.17, 15) is 0 Å². The molecule has 2 unspecified atom stereocenters. The molecule has 21 heavy (non-hydrogen) atoms. The molecule has 1 aromatic heterocycles. The number of nitrogens with one attached hydrogen (secondary N) is 1. The zero-order valence-corrected chi connectivity index (χ0v) is 14.6. The van der Waals surface area contributed by atoms with Crippen molar-refractivity contribution in [2.24, 2.45) is 5.92 Å². The first-order valence-electron chi connectivity index (χ1n) is 7.85. The Labute approximate surface area is 138 Å². The van der Waals surface area contributed by atoms with Gasteiger partial charge in [-0.25, -0.2) is 4.98 Å². The summed E-state index contributed by atoms with van der Waals surface area (Å²) in [6, 6.07) is 2.31. The van der Waals surface area contributed by atoms with Gasteiger partial charge in [0.25, 0.3) is 0 Å². The standard InChI is InChI=1S/C16H25Cl2N3/c1-4-8-19-15-13(17)10-14(18)16(20-15)21(3)12-7-5-6-11(2)9-12/h10-12H,4-9H2,1-3H3,(H,19,20). The molecule has 1 heterocycles. The van der Waals surface area contributed by atoms with Crippen LogP contribution in [0.3, 0.4) is 0 Å². The van der Waals surface area contributed by atoms with E-state index in [-0.39, 0.29) is 0 Å². The van der Waals surface area contributed by atoms with Gasteiger partial charge in [-0.1, -0.05) is 49.9 Å². The number of aromatic nitrogens is 1. The molecular formula is C16H25Cl2N3. The Kier molecular flexibility index (Phi) is 6.00. The summed E-state index contributed by atoms with van der Waals surface area (Å²) in [6.45, 7) is 5.30. The number of hydrogen-bond donors (Lipinski definition) is 1. The lowest BCUT2D eigenvalue weighted by Crippen LogP contribution is -2.36. The molecule has 1 aliphatic carbocycles. The summed E-state index contributed by atoms with van der Waals surface area (Å²) in [5.74, 6) is 2.34. The van der Waals surface area contributed by atoms with Gasteiger partial charge in [0.1, 0.15) is 11.6 Å². The minimum atomic E-state index is 0.513. The first-order valence-corrected chi connectivity index (χ1v) is 8.61. The molecule has 1 aliphatic rings. The lowest BCUT2D eigenvalue weighted by molar-refractivity contribution is 0.335. The highest BCUT2D eigenvalue weighted by molar-refractivity contribution is 6.37. The lowest BCUT2D eigenvalue weighted by Gasteiger charge is -2.35. The number of pyridine rings is 1. The van der Waals surface area contributed by atoms with Gasteiger partial charge < -0.3 is 10.2 Å². The number of nitrogens with zero attached hydrogens (tertiary/aromatic N) is 2. The van der Waals surface area contributed by atoms with Crippen LogP contribution in [0.5, 0.6) is 0 Å². The van der Waals surface area contributed by atoms with E-state index < -0.39 is 0 Å². The maximum Gasteiger partial charge on any atom is 0.149 e. The topological polar surface area (TPSA) is 28.2 Å². The summed E-state index contributed by atoms with van der Waals surface area (Å²) in [5, 5.41) is 4.48. The summed E-state index contributed by atoms with van der Waals surface area (Å²) >= 11 is 12.6. The van der Waals surface area contributed by atoms with Gasteiger partial charge in [0.05, 0.1) is 10.0 Å². The van der Waals surface area contributed by atoms with E-state index in [0.29, 0.717) is 16.1 Å². The van der Waals surface area contributed by atoms with Crippen molar-refractivity contribution in [3.05, 3.63) is 16.1 Å². The second-order valence-corrected chi connectivity index (χ2v) is 6.90. The van der Waals surface area contributed by atoms with Crippen molar-refractivity contribution in [3.63, 3.8) is 0 Å². The highest BCUT2D eigenvalue weighted by atomic mass is 35.5. The van der Waals surface area contributed by atoms with Crippen LogP contribution >= 0.6 is 23.2 Å². The zero-order chi connectivity index (χ0) is 15.4. The van der Waals surface area contributed by atoms with Crippen LogP contribution in [0.1, 0.15) is 46.0 Å². The molecule has 1 saturated carbocycles. The normalized spacial score (nSPS) is 22.1. The van der Waals surface area contributed by atoms with E-state index in [1.807, 2.05) is 0 Å². The van der Waals surface area contributed by atoms with Crippen molar-refractivity contribution in [3.8, 4) is 0 Å². The summed E-state index contributed by atoms with van der Waals surface area (Å²) in [4.78, 5) is 6.89. The molecule has 1 fully saturated rings. The van der Waals surface area contributed by atoms with Crippen LogP contribution in [0, 0.1) is 5.92 Å². The quantitative estimate of drug-likeness (QED) is 0.802. The third-order valence-electron chi connectivity index (χ3n) is 4.24. The van der Waals surface area contributed by atoms with E-state index in [1.165, 1.54) is 25.7 Å². The van der Waals surface area contributed by atoms with E-state index in [0.717, 1.165) is 30.5 Å². The average Bonchev–Trinajstić information content (AvgIpc) is 2.46. The second-order valence-electron chi connectivity index (χ2n) is 6.09. The Morgan fingerprint density at radius 3 is 2.76 bits per heavy atom. The number of rotatable bonds is 5. The Morgan fingerprint density at radius 2 is 2.10 bits per heavy atom. The van der Waals surface area contributed by atoms with Gasteiger partial charge in [0, 0.05) is 19.6 Å². The maximum atomic E-state index is 6.37. The summed E-state index contributed by atoms with van der Waals surface area (Å²) in [6.07, 6.45) is 6.05. The van der Waals surface area contributed by atoms with Crippen LogP contribution in [0.2, 0.25) is 10.0 Å². The molecule has 0 radical (unpaired) electrons. The molecule has 2 rings (SSSR count). The predicted molar refractivity (Wildman–Crippen MR) is 92.9 cm³/mol. The van der Waals surface area contributed by atoms with Crippen molar-refractivity contribution in [1.82, 2.24) is 4.98 Å². The molecule has 5 heteroatoms. The summed E-state index contributed by atoms with van der Waals surface area (Å²) in [7, 11) is 2.09. The number of halogens is 2. The van der Waals surface area contributed by atoms with E-state index in [2.05, 4.69) is 36.1 Å². The molecule has 0 spiro atoms. The van der Waals surface area contributed by atoms with Gasteiger partial charge in [0.15, 0.2) is 0 Å². The maximum absolute atomic E-state index is 6.37. The Balaban J connectivity index is 2.20. The van der Waals surface area contributed by atoms with Crippen molar-refractivity contribution < 1.29 is 0 Å². The smallest absolute Gasteiger partial charge is 0.149 e. The average molecular weight is 330 g/mol. The fourth-order valence-corrected chi connectivity index (χ4v) is 3.56. The number of hydrogen-bond acceptors (Lipinski definition) is 3. The van der Waals surface area contributed by atoms with Crippen LogP contribution in [-0.2, 0) is 0 Å². The van der Waals surface area contributed by atoms with Gasteiger partial charge in [-0.05, 0) is 31.2 Å². The van der Waals surface area contributed by atoms with Crippen LogP contribution < -0.4 is 10.2 Å². The molecule has 3 nitrogen and oxygen atoms in total. The van der Waals surface area contributed by atoms with Crippen LogP contribution in [0.15, 0.2) is 6.07 Å². The molecule has 0 saturated heterocycles. The number of anilines is 2. The van der Waals surface area contributed by atoms with Crippen molar-refractivity contribution >= 4 is 34.8 Å². The van der Waals surface area contributed by atoms with E-state index in [1.54, 1.807) is 6.07 Å². The largest absolute Gasteiger partial charge is 0.369 e. The molecule has 1 aromatic rings. The molecule has 118 valence electrons. The molecule has 0 bridgehead atoms. The van der Waals surface area contributed by atoms with Crippen molar-refractivity contribution in [1.29, 1.82) is 0 Å². The molecule has 0 aromatic carbocycles. The van der Waals surface area contributed by atoms with Crippen molar-refractivity contribution in [2.45, 2.75) is 52.0 Å². The fourth-order valence-electron chi connectivity index (χ4n) is 3.00. The first-order chi connectivity index (χ1) is 10.0. The van der Waals surface area contributed by atoms with Crippen LogP contribution in [0.4, 0.5) is 11.6 Å². The molecule has 2 atom stereocenters. The SMILES string of the molecule is CCCNc1nc(N(C)C2CCCC(C)C2)c(Cl)cc1Cl. The lowest BCUT2D eigenvalue weighted by atomic mass is 9.86.